The van der Waals surface area contributed by atoms with E-state index in [2.05, 4.69) is 0 Å². The maximum atomic E-state index is 12.6. The van der Waals surface area contributed by atoms with Gasteiger partial charge in [-0.25, -0.2) is 0 Å². The molecular weight excluding hydrogens is 343 g/mol. The van der Waals surface area contributed by atoms with Crippen LogP contribution in [0.4, 0.5) is 13.2 Å². The molecular formula is C20H16F3NO2. The molecule has 0 aliphatic carbocycles. The first-order valence-electron chi connectivity index (χ1n) is 7.91. The molecule has 1 aromatic heterocycles. The van der Waals surface area contributed by atoms with Crippen LogP contribution in [0.3, 0.4) is 0 Å². The van der Waals surface area contributed by atoms with Crippen LogP contribution in [0, 0.1) is 0 Å². The molecule has 0 fully saturated rings. The summed E-state index contributed by atoms with van der Waals surface area (Å²) in [6.07, 6.45) is -1.41. The van der Waals surface area contributed by atoms with Crippen molar-refractivity contribution >= 4 is 23.0 Å². The molecule has 0 radical (unpaired) electrons. The highest BCUT2D eigenvalue weighted by molar-refractivity contribution is 5.92. The van der Waals surface area contributed by atoms with Crippen molar-refractivity contribution in [1.82, 2.24) is 4.90 Å². The molecule has 0 unspecified atom stereocenters. The fourth-order valence-corrected chi connectivity index (χ4v) is 2.52. The number of halogens is 3. The second-order valence-electron chi connectivity index (χ2n) is 5.91. The van der Waals surface area contributed by atoms with E-state index in [9.17, 15) is 18.0 Å². The summed E-state index contributed by atoms with van der Waals surface area (Å²) in [6, 6.07) is 14.1. The first kappa shape index (κ1) is 17.8. The fourth-order valence-electron chi connectivity index (χ4n) is 2.52. The van der Waals surface area contributed by atoms with Crippen LogP contribution in [0.2, 0.25) is 0 Å². The number of hydrogen-bond donors (Lipinski definition) is 0. The molecule has 26 heavy (non-hydrogen) atoms. The van der Waals surface area contributed by atoms with E-state index in [1.807, 2.05) is 30.3 Å². The Balaban J connectivity index is 1.64. The highest BCUT2D eigenvalue weighted by atomic mass is 19.4. The van der Waals surface area contributed by atoms with E-state index in [0.717, 1.165) is 23.1 Å². The number of amides is 1. The summed E-state index contributed by atoms with van der Waals surface area (Å²) < 4.78 is 43.3. The van der Waals surface area contributed by atoms with Gasteiger partial charge in [0.1, 0.15) is 11.3 Å². The molecule has 1 heterocycles. The number of carbonyl (C=O) groups is 1. The standard InChI is InChI=1S/C20H16F3NO2/c1-24(13-14-6-8-16(9-7-14)20(21,22)23)19(25)11-10-17-12-15-4-2-3-5-18(15)26-17/h2-12H,13H2,1H3. The van der Waals surface area contributed by atoms with Gasteiger partial charge in [0.2, 0.25) is 5.91 Å². The predicted octanol–water partition coefficient (Wildman–Crippen LogP) is 5.12. The van der Waals surface area contributed by atoms with Crippen molar-refractivity contribution in [3.05, 3.63) is 77.6 Å². The quantitative estimate of drug-likeness (QED) is 0.606. The third-order valence-corrected chi connectivity index (χ3v) is 3.91. The van der Waals surface area contributed by atoms with Crippen molar-refractivity contribution in [3.63, 3.8) is 0 Å². The Hall–Kier alpha value is -3.02. The molecule has 0 atom stereocenters. The average molecular weight is 359 g/mol. The van der Waals surface area contributed by atoms with E-state index in [4.69, 9.17) is 4.42 Å². The molecule has 3 rings (SSSR count). The molecule has 0 aliphatic rings. The van der Waals surface area contributed by atoms with Crippen LogP contribution < -0.4 is 0 Å². The Morgan fingerprint density at radius 3 is 2.46 bits per heavy atom. The number of hydrogen-bond acceptors (Lipinski definition) is 2. The second kappa shape index (κ2) is 7.07. The summed E-state index contributed by atoms with van der Waals surface area (Å²) in [5, 5.41) is 0.942. The number of furan rings is 1. The molecule has 2 aromatic carbocycles. The molecule has 0 bridgehead atoms. The van der Waals surface area contributed by atoms with Gasteiger partial charge in [0.05, 0.1) is 5.56 Å². The van der Waals surface area contributed by atoms with Gasteiger partial charge in [0, 0.05) is 25.1 Å². The third kappa shape index (κ3) is 4.14. The van der Waals surface area contributed by atoms with Gasteiger partial charge in [0.25, 0.3) is 0 Å². The molecule has 3 aromatic rings. The number of benzene rings is 2. The van der Waals surface area contributed by atoms with Crippen LogP contribution in [0.15, 0.2) is 65.1 Å². The summed E-state index contributed by atoms with van der Waals surface area (Å²) in [5.41, 5.74) is 0.642. The minimum Gasteiger partial charge on any atom is -0.457 e. The van der Waals surface area contributed by atoms with Gasteiger partial charge < -0.3 is 9.32 Å². The number of fused-ring (bicyclic) bond motifs is 1. The maximum absolute atomic E-state index is 12.6. The van der Waals surface area contributed by atoms with Crippen LogP contribution in [-0.4, -0.2) is 17.9 Å². The Labute approximate surface area is 148 Å². The smallest absolute Gasteiger partial charge is 0.416 e. The molecule has 0 spiro atoms. The zero-order chi connectivity index (χ0) is 18.7. The normalized spacial score (nSPS) is 12.0. The molecule has 0 saturated heterocycles. The van der Waals surface area contributed by atoms with Crippen LogP contribution in [0.1, 0.15) is 16.9 Å². The van der Waals surface area contributed by atoms with Crippen molar-refractivity contribution in [2.24, 2.45) is 0 Å². The van der Waals surface area contributed by atoms with Crippen molar-refractivity contribution in [2.45, 2.75) is 12.7 Å². The zero-order valence-corrected chi connectivity index (χ0v) is 14.0. The summed E-state index contributed by atoms with van der Waals surface area (Å²) in [4.78, 5) is 13.6. The Bertz CT molecular complexity index is 907. The van der Waals surface area contributed by atoms with Crippen LogP contribution in [-0.2, 0) is 17.5 Å². The number of alkyl halides is 3. The van der Waals surface area contributed by atoms with Gasteiger partial charge in [-0.3, -0.25) is 4.79 Å². The van der Waals surface area contributed by atoms with E-state index in [1.54, 1.807) is 13.1 Å². The lowest BCUT2D eigenvalue weighted by Crippen LogP contribution is -2.24. The van der Waals surface area contributed by atoms with Gasteiger partial charge in [-0.1, -0.05) is 30.3 Å². The number of rotatable bonds is 4. The highest BCUT2D eigenvalue weighted by Crippen LogP contribution is 2.29. The fraction of sp³-hybridized carbons (Fsp3) is 0.150. The van der Waals surface area contributed by atoms with Crippen LogP contribution >= 0.6 is 0 Å². The minimum atomic E-state index is -4.37. The number of para-hydroxylation sites is 1. The lowest BCUT2D eigenvalue weighted by Gasteiger charge is -2.15. The van der Waals surface area contributed by atoms with E-state index in [0.29, 0.717) is 11.3 Å². The SMILES string of the molecule is CN(Cc1ccc(C(F)(F)F)cc1)C(=O)C=Cc1cc2ccccc2o1. The Morgan fingerprint density at radius 2 is 1.81 bits per heavy atom. The van der Waals surface area contributed by atoms with E-state index >= 15 is 0 Å². The van der Waals surface area contributed by atoms with Crippen LogP contribution in [0.25, 0.3) is 17.0 Å². The topological polar surface area (TPSA) is 33.5 Å². The highest BCUT2D eigenvalue weighted by Gasteiger charge is 2.29. The van der Waals surface area contributed by atoms with Crippen LogP contribution in [0.5, 0.6) is 0 Å². The average Bonchev–Trinajstić information content (AvgIpc) is 3.02. The monoisotopic (exact) mass is 359 g/mol. The zero-order valence-electron chi connectivity index (χ0n) is 14.0. The molecule has 0 saturated carbocycles. The third-order valence-electron chi connectivity index (χ3n) is 3.91. The molecule has 0 N–H and O–H groups in total. The van der Waals surface area contributed by atoms with Crippen molar-refractivity contribution in [2.75, 3.05) is 7.05 Å². The summed E-state index contributed by atoms with van der Waals surface area (Å²) in [6.45, 7) is 0.210. The lowest BCUT2D eigenvalue weighted by molar-refractivity contribution is -0.137. The number of carbonyl (C=O) groups excluding carboxylic acids is 1. The first-order valence-corrected chi connectivity index (χ1v) is 7.91. The van der Waals surface area contributed by atoms with Gasteiger partial charge in [0.15, 0.2) is 0 Å². The Kier molecular flexibility index (Phi) is 4.84. The van der Waals surface area contributed by atoms with Crippen molar-refractivity contribution < 1.29 is 22.4 Å². The van der Waals surface area contributed by atoms with Gasteiger partial charge in [-0.2, -0.15) is 13.2 Å². The van der Waals surface area contributed by atoms with Gasteiger partial charge in [-0.15, -0.1) is 0 Å². The van der Waals surface area contributed by atoms with E-state index < -0.39 is 11.7 Å². The molecule has 0 aliphatic heterocycles. The largest absolute Gasteiger partial charge is 0.457 e. The summed E-state index contributed by atoms with van der Waals surface area (Å²) in [5.74, 6) is 0.285. The molecule has 1 amide bonds. The molecule has 3 nitrogen and oxygen atoms in total. The minimum absolute atomic E-state index is 0.210. The molecule has 6 heteroatoms. The van der Waals surface area contributed by atoms with E-state index in [1.165, 1.54) is 23.1 Å². The van der Waals surface area contributed by atoms with E-state index in [-0.39, 0.29) is 12.5 Å². The second-order valence-corrected chi connectivity index (χ2v) is 5.91. The maximum Gasteiger partial charge on any atom is 0.416 e. The predicted molar refractivity (Wildman–Crippen MR) is 93.2 cm³/mol. The molecule has 134 valence electrons. The van der Waals surface area contributed by atoms with Gasteiger partial charge >= 0.3 is 6.18 Å². The van der Waals surface area contributed by atoms with Crippen molar-refractivity contribution in [1.29, 1.82) is 0 Å². The van der Waals surface area contributed by atoms with Crippen molar-refractivity contribution in [3.8, 4) is 0 Å². The summed E-state index contributed by atoms with van der Waals surface area (Å²) in [7, 11) is 1.59. The number of nitrogens with zero attached hydrogens (tertiary/aromatic N) is 1. The number of likely N-dealkylation sites (N-methyl/N-ethyl adjacent to an activating group) is 1. The van der Waals surface area contributed by atoms with Gasteiger partial charge in [-0.05, 0) is 35.9 Å². The first-order chi connectivity index (χ1) is 12.3. The Morgan fingerprint density at radius 1 is 1.12 bits per heavy atom. The lowest BCUT2D eigenvalue weighted by atomic mass is 10.1. The summed E-state index contributed by atoms with van der Waals surface area (Å²) >= 11 is 0.